The summed E-state index contributed by atoms with van der Waals surface area (Å²) in [5.41, 5.74) is 2.91. The lowest BCUT2D eigenvalue weighted by atomic mass is 10.1. The fourth-order valence-corrected chi connectivity index (χ4v) is 4.29. The predicted octanol–water partition coefficient (Wildman–Crippen LogP) is 3.36. The molecule has 0 aromatic carbocycles. The van der Waals surface area contributed by atoms with Crippen molar-refractivity contribution in [3.05, 3.63) is 23.5 Å². The van der Waals surface area contributed by atoms with E-state index in [-0.39, 0.29) is 0 Å². The van der Waals surface area contributed by atoms with Crippen LogP contribution < -0.4 is 5.32 Å². The summed E-state index contributed by atoms with van der Waals surface area (Å²) in [6, 6.07) is 4.59. The lowest BCUT2D eigenvalue weighted by Crippen LogP contribution is -2.34. The molecule has 26 heavy (non-hydrogen) atoms. The van der Waals surface area contributed by atoms with Crippen LogP contribution in [0.25, 0.3) is 5.65 Å². The lowest BCUT2D eigenvalue weighted by Gasteiger charge is -2.24. The smallest absolute Gasteiger partial charge is 0.223 e. The summed E-state index contributed by atoms with van der Waals surface area (Å²) >= 11 is 0. The molecule has 2 aromatic rings. The summed E-state index contributed by atoms with van der Waals surface area (Å²) in [4.78, 5) is 19.3. The molecule has 1 atom stereocenters. The largest absolute Gasteiger partial charge is 0.370 e. The third-order valence-electron chi connectivity index (χ3n) is 5.74. The Balaban J connectivity index is 1.48. The second kappa shape index (κ2) is 6.89. The van der Waals surface area contributed by atoms with Crippen LogP contribution in [-0.2, 0) is 4.79 Å². The molecule has 4 rings (SSSR count). The number of carbonyl (C=O) groups is 1. The number of hydrogen-bond acceptors (Lipinski definition) is 4. The van der Waals surface area contributed by atoms with Crippen molar-refractivity contribution in [1.82, 2.24) is 19.5 Å². The van der Waals surface area contributed by atoms with E-state index in [1.165, 1.54) is 25.7 Å². The first-order chi connectivity index (χ1) is 12.5. The number of nitrogens with one attached hydrogen (secondary N) is 1. The first kappa shape index (κ1) is 17.3. The summed E-state index contributed by atoms with van der Waals surface area (Å²) in [6.45, 7) is 7.98. The fourth-order valence-electron chi connectivity index (χ4n) is 4.29. The maximum Gasteiger partial charge on any atom is 0.223 e. The average Bonchev–Trinajstić information content (AvgIpc) is 3.30. The van der Waals surface area contributed by atoms with Gasteiger partial charge in [-0.05, 0) is 25.7 Å². The Kier molecular flexibility index (Phi) is 4.59. The Labute approximate surface area is 155 Å². The van der Waals surface area contributed by atoms with Gasteiger partial charge in [0.1, 0.15) is 5.82 Å². The Morgan fingerprint density at radius 3 is 2.77 bits per heavy atom. The van der Waals surface area contributed by atoms with Gasteiger partial charge in [-0.3, -0.25) is 4.79 Å². The van der Waals surface area contributed by atoms with Crippen LogP contribution in [0.1, 0.15) is 63.3 Å². The molecular formula is C20H29N5O. The minimum atomic E-state index is 0.335. The quantitative estimate of drug-likeness (QED) is 0.893. The second-order valence-corrected chi connectivity index (χ2v) is 8.21. The van der Waals surface area contributed by atoms with Gasteiger partial charge in [0.25, 0.3) is 0 Å². The molecule has 1 saturated heterocycles. The topological polar surface area (TPSA) is 62.5 Å². The van der Waals surface area contributed by atoms with Gasteiger partial charge in [0.15, 0.2) is 5.65 Å². The number of amides is 1. The van der Waals surface area contributed by atoms with E-state index in [1.807, 2.05) is 17.5 Å². The molecule has 1 unspecified atom stereocenters. The zero-order valence-electron chi connectivity index (χ0n) is 16.0. The zero-order chi connectivity index (χ0) is 18.3. The minimum Gasteiger partial charge on any atom is -0.370 e. The van der Waals surface area contributed by atoms with Crippen molar-refractivity contribution in [3.63, 3.8) is 0 Å². The Hall–Kier alpha value is -2.11. The Morgan fingerprint density at radius 1 is 1.27 bits per heavy atom. The molecule has 1 aliphatic carbocycles. The van der Waals surface area contributed by atoms with Crippen LogP contribution in [0.2, 0.25) is 0 Å². The van der Waals surface area contributed by atoms with Crippen molar-refractivity contribution < 1.29 is 4.79 Å². The predicted molar refractivity (Wildman–Crippen MR) is 102 cm³/mol. The monoisotopic (exact) mass is 355 g/mol. The van der Waals surface area contributed by atoms with Crippen molar-refractivity contribution in [2.75, 3.05) is 18.4 Å². The van der Waals surface area contributed by atoms with Crippen molar-refractivity contribution in [2.45, 2.75) is 64.8 Å². The molecule has 1 N–H and O–H groups in total. The van der Waals surface area contributed by atoms with Crippen LogP contribution in [-0.4, -0.2) is 44.5 Å². The number of nitrogens with zero attached hydrogens (tertiary/aromatic N) is 4. The van der Waals surface area contributed by atoms with Crippen LogP contribution in [0.4, 0.5) is 5.82 Å². The maximum absolute atomic E-state index is 12.4. The summed E-state index contributed by atoms with van der Waals surface area (Å²) in [6.07, 6.45) is 5.56. The van der Waals surface area contributed by atoms with Gasteiger partial charge >= 0.3 is 0 Å². The highest BCUT2D eigenvalue weighted by atomic mass is 16.2. The van der Waals surface area contributed by atoms with Crippen LogP contribution in [0.15, 0.2) is 12.1 Å². The molecule has 0 bridgehead atoms. The highest BCUT2D eigenvalue weighted by Gasteiger charge is 2.35. The zero-order valence-corrected chi connectivity index (χ0v) is 16.0. The fraction of sp³-hybridized carbons (Fsp3) is 0.650. The van der Waals surface area contributed by atoms with Crippen molar-refractivity contribution >= 4 is 17.4 Å². The second-order valence-electron chi connectivity index (χ2n) is 8.21. The number of likely N-dealkylation sites (tertiary alicyclic amines) is 1. The number of fused-ring (bicyclic) bond motifs is 1. The first-order valence-electron chi connectivity index (χ1n) is 9.92. The SMILES string of the molecule is Cc1cc2nc(C(C)C)cc(NCC3CC(=O)N(C4CCCC4)C3)n2n1. The molecule has 2 aromatic heterocycles. The van der Waals surface area contributed by atoms with Gasteiger partial charge in [-0.2, -0.15) is 9.61 Å². The minimum absolute atomic E-state index is 0.335. The van der Waals surface area contributed by atoms with Crippen LogP contribution in [0, 0.1) is 12.8 Å². The molecule has 2 fully saturated rings. The molecule has 1 amide bonds. The molecular weight excluding hydrogens is 326 g/mol. The Bertz CT molecular complexity index is 806. The van der Waals surface area contributed by atoms with E-state index in [0.29, 0.717) is 30.2 Å². The van der Waals surface area contributed by atoms with Gasteiger partial charge in [0.05, 0.1) is 5.69 Å². The van der Waals surface area contributed by atoms with E-state index in [1.54, 1.807) is 0 Å². The van der Waals surface area contributed by atoms with Gasteiger partial charge in [-0.1, -0.05) is 26.7 Å². The summed E-state index contributed by atoms with van der Waals surface area (Å²) in [7, 11) is 0. The van der Waals surface area contributed by atoms with Crippen LogP contribution in [0.3, 0.4) is 0 Å². The third kappa shape index (κ3) is 3.29. The van der Waals surface area contributed by atoms with Crippen molar-refractivity contribution in [3.8, 4) is 0 Å². The molecule has 2 aliphatic rings. The van der Waals surface area contributed by atoms with Gasteiger partial charge < -0.3 is 10.2 Å². The molecule has 0 spiro atoms. The molecule has 6 heteroatoms. The summed E-state index contributed by atoms with van der Waals surface area (Å²) in [5, 5.41) is 8.12. The number of aryl methyl sites for hydroxylation is 1. The van der Waals surface area contributed by atoms with Gasteiger partial charge in [-0.25, -0.2) is 4.98 Å². The van der Waals surface area contributed by atoms with Crippen molar-refractivity contribution in [1.29, 1.82) is 0 Å². The van der Waals surface area contributed by atoms with Gasteiger partial charge in [-0.15, -0.1) is 0 Å². The van der Waals surface area contributed by atoms with E-state index in [4.69, 9.17) is 4.98 Å². The summed E-state index contributed by atoms with van der Waals surface area (Å²) in [5.74, 6) is 2.03. The molecule has 3 heterocycles. The molecule has 1 aliphatic heterocycles. The van der Waals surface area contributed by atoms with Crippen LogP contribution >= 0.6 is 0 Å². The average molecular weight is 355 g/mol. The highest BCUT2D eigenvalue weighted by Crippen LogP contribution is 2.29. The molecule has 1 saturated carbocycles. The first-order valence-corrected chi connectivity index (χ1v) is 9.92. The number of aromatic nitrogens is 3. The molecule has 140 valence electrons. The van der Waals surface area contributed by atoms with E-state index < -0.39 is 0 Å². The lowest BCUT2D eigenvalue weighted by molar-refractivity contribution is -0.129. The van der Waals surface area contributed by atoms with E-state index in [2.05, 4.69) is 35.2 Å². The number of carbonyl (C=O) groups excluding carboxylic acids is 1. The summed E-state index contributed by atoms with van der Waals surface area (Å²) < 4.78 is 1.88. The number of rotatable bonds is 5. The normalized spacial score (nSPS) is 21.5. The molecule has 6 nitrogen and oxygen atoms in total. The standard InChI is InChI=1S/C20H29N5O/c1-13(2)17-10-18(25-19(22-17)8-14(3)23-25)21-11-15-9-20(26)24(12-15)16-6-4-5-7-16/h8,10,13,15-16,21H,4-7,9,11-12H2,1-3H3. The maximum atomic E-state index is 12.4. The highest BCUT2D eigenvalue weighted by molar-refractivity contribution is 5.79. The molecule has 0 radical (unpaired) electrons. The Morgan fingerprint density at radius 2 is 2.04 bits per heavy atom. The number of anilines is 1. The van der Waals surface area contributed by atoms with E-state index in [9.17, 15) is 4.79 Å². The van der Waals surface area contributed by atoms with Gasteiger partial charge in [0.2, 0.25) is 5.91 Å². The van der Waals surface area contributed by atoms with Crippen LogP contribution in [0.5, 0.6) is 0 Å². The number of hydrogen-bond donors (Lipinski definition) is 1. The van der Waals surface area contributed by atoms with E-state index in [0.717, 1.165) is 35.9 Å². The van der Waals surface area contributed by atoms with E-state index >= 15 is 0 Å². The van der Waals surface area contributed by atoms with Gasteiger partial charge in [0, 0.05) is 49.3 Å². The third-order valence-corrected chi connectivity index (χ3v) is 5.74. The van der Waals surface area contributed by atoms with Crippen molar-refractivity contribution in [2.24, 2.45) is 5.92 Å².